The molecule has 0 spiro atoms. The van der Waals surface area contributed by atoms with E-state index in [0.717, 1.165) is 47.8 Å². The zero-order chi connectivity index (χ0) is 28.5. The van der Waals surface area contributed by atoms with Gasteiger partial charge in [0.05, 0.1) is 57.4 Å². The number of ether oxygens (including phenoxy) is 5. The number of likely N-dealkylation sites (tertiary alicyclic amines) is 1. The van der Waals surface area contributed by atoms with Crippen LogP contribution in [0.5, 0.6) is 11.5 Å². The molecule has 2 aliphatic heterocycles. The van der Waals surface area contributed by atoms with Crippen LogP contribution in [0.2, 0.25) is 0 Å². The van der Waals surface area contributed by atoms with Crippen molar-refractivity contribution in [2.75, 3.05) is 65.1 Å². The Morgan fingerprint density at radius 3 is 2.50 bits per heavy atom. The van der Waals surface area contributed by atoms with Gasteiger partial charge in [-0.05, 0) is 55.2 Å². The Labute approximate surface area is 236 Å². The monoisotopic (exact) mass is 558 g/mol. The van der Waals surface area contributed by atoms with Gasteiger partial charge < -0.3 is 43.7 Å². The number of nitrogens with zero attached hydrogens (tertiary/aromatic N) is 2. The molecule has 4 atom stereocenters. The van der Waals surface area contributed by atoms with Crippen molar-refractivity contribution in [1.29, 1.82) is 0 Å². The van der Waals surface area contributed by atoms with Gasteiger partial charge in [0.1, 0.15) is 18.1 Å². The van der Waals surface area contributed by atoms with E-state index in [0.29, 0.717) is 32.8 Å². The number of amides is 1. The number of aliphatic hydroxyl groups excluding tert-OH is 1. The molecule has 4 rings (SSSR count). The molecule has 1 amide bonds. The minimum Gasteiger partial charge on any atom is -0.497 e. The molecule has 0 aromatic heterocycles. The van der Waals surface area contributed by atoms with E-state index in [4.69, 9.17) is 23.7 Å². The number of carbonyl (C=O) groups is 1. The van der Waals surface area contributed by atoms with E-state index < -0.39 is 24.4 Å². The molecule has 2 aromatic rings. The van der Waals surface area contributed by atoms with Crippen LogP contribution in [0.25, 0.3) is 0 Å². The van der Waals surface area contributed by atoms with Crippen molar-refractivity contribution in [1.82, 2.24) is 4.90 Å². The quantitative estimate of drug-likeness (QED) is 0.355. The highest BCUT2D eigenvalue weighted by atomic mass is 16.5. The first-order valence-electron chi connectivity index (χ1n) is 13.9. The van der Waals surface area contributed by atoms with E-state index in [1.54, 1.807) is 21.1 Å². The van der Waals surface area contributed by atoms with E-state index in [1.165, 1.54) is 4.90 Å². The predicted octanol–water partition coefficient (Wildman–Crippen LogP) is 3.75. The second-order valence-electron chi connectivity index (χ2n) is 10.4. The van der Waals surface area contributed by atoms with Crippen molar-refractivity contribution in [2.45, 2.75) is 50.6 Å². The maximum absolute atomic E-state index is 12.1. The van der Waals surface area contributed by atoms with Gasteiger partial charge in [0, 0.05) is 32.8 Å². The first kappa shape index (κ1) is 29.9. The number of methoxy groups -OCH3 is 2. The summed E-state index contributed by atoms with van der Waals surface area (Å²) in [5, 5.41) is 19.6. The predicted molar refractivity (Wildman–Crippen MR) is 151 cm³/mol. The average Bonchev–Trinajstić information content (AvgIpc) is 2.96. The SMILES string of the molecule is COCCCN1CCOc2ccc(CO[C@H]3CN(C(=O)O)C[C@@H](OCC[C@@H](C)O)[C@@H]3c3ccc(OC)cc3)cc21. The van der Waals surface area contributed by atoms with E-state index in [9.17, 15) is 15.0 Å². The summed E-state index contributed by atoms with van der Waals surface area (Å²) in [6.07, 6.45) is -1.02. The third-order valence-electron chi connectivity index (χ3n) is 7.46. The van der Waals surface area contributed by atoms with Crippen molar-refractivity contribution in [3.63, 3.8) is 0 Å². The standard InChI is InChI=1S/C30H42N2O8/c1-21(33)11-15-38-27-18-32(30(34)35)19-28(29(27)23-6-8-24(37-3)9-7-23)40-20-22-5-10-26-25(17-22)31(13-16-39-26)12-4-14-36-2/h5-10,17,21,27-29,33H,4,11-16,18-20H2,1-3H3,(H,34,35)/t21-,27-,28+,29+/m1/s1. The van der Waals surface area contributed by atoms with Gasteiger partial charge in [-0.15, -0.1) is 0 Å². The van der Waals surface area contributed by atoms with Crippen LogP contribution >= 0.6 is 0 Å². The lowest BCUT2D eigenvalue weighted by Gasteiger charge is -2.42. The summed E-state index contributed by atoms with van der Waals surface area (Å²) >= 11 is 0. The molecule has 0 aliphatic carbocycles. The highest BCUT2D eigenvalue weighted by Gasteiger charge is 2.41. The number of anilines is 1. The van der Waals surface area contributed by atoms with Crippen molar-refractivity contribution in [3.8, 4) is 11.5 Å². The normalized spacial score (nSPS) is 21.4. The number of piperidine rings is 1. The van der Waals surface area contributed by atoms with Crippen LogP contribution in [0.15, 0.2) is 42.5 Å². The van der Waals surface area contributed by atoms with E-state index in [-0.39, 0.29) is 19.0 Å². The van der Waals surface area contributed by atoms with E-state index >= 15 is 0 Å². The Kier molecular flexibility index (Phi) is 10.9. The van der Waals surface area contributed by atoms with Gasteiger partial charge in [-0.1, -0.05) is 18.2 Å². The first-order valence-corrected chi connectivity index (χ1v) is 13.9. The molecule has 0 unspecified atom stereocenters. The molecule has 40 heavy (non-hydrogen) atoms. The molecule has 2 aromatic carbocycles. The van der Waals surface area contributed by atoms with Gasteiger partial charge in [-0.3, -0.25) is 0 Å². The van der Waals surface area contributed by atoms with Crippen LogP contribution in [-0.2, 0) is 20.8 Å². The first-order chi connectivity index (χ1) is 19.4. The van der Waals surface area contributed by atoms with Crippen molar-refractivity contribution < 1.29 is 38.7 Å². The molecule has 0 saturated carbocycles. The molecule has 10 heteroatoms. The fourth-order valence-electron chi connectivity index (χ4n) is 5.33. The topological polar surface area (TPSA) is 110 Å². The molecule has 1 fully saturated rings. The average molecular weight is 559 g/mol. The molecule has 0 bridgehead atoms. The number of carboxylic acid groups (broad SMARTS) is 1. The molecule has 2 N–H and O–H groups in total. The number of hydrogen-bond donors (Lipinski definition) is 2. The number of rotatable bonds is 13. The second-order valence-corrected chi connectivity index (χ2v) is 10.4. The minimum atomic E-state index is -1.01. The zero-order valence-corrected chi connectivity index (χ0v) is 23.7. The summed E-state index contributed by atoms with van der Waals surface area (Å²) in [5.74, 6) is 1.38. The fraction of sp³-hybridized carbons (Fsp3) is 0.567. The largest absolute Gasteiger partial charge is 0.497 e. The van der Waals surface area contributed by atoms with Gasteiger partial charge in [-0.25, -0.2) is 4.79 Å². The number of benzene rings is 2. The summed E-state index contributed by atoms with van der Waals surface area (Å²) in [7, 11) is 3.33. The summed E-state index contributed by atoms with van der Waals surface area (Å²) in [6.45, 7) is 5.80. The Hall–Kier alpha value is -3.05. The van der Waals surface area contributed by atoms with Crippen molar-refractivity contribution in [3.05, 3.63) is 53.6 Å². The number of hydrogen-bond acceptors (Lipinski definition) is 8. The Balaban J connectivity index is 1.55. The summed E-state index contributed by atoms with van der Waals surface area (Å²) in [4.78, 5) is 15.7. The van der Waals surface area contributed by atoms with Gasteiger partial charge >= 0.3 is 6.09 Å². The van der Waals surface area contributed by atoms with E-state index in [1.807, 2.05) is 36.4 Å². The molecule has 2 heterocycles. The van der Waals surface area contributed by atoms with Crippen LogP contribution < -0.4 is 14.4 Å². The van der Waals surface area contributed by atoms with Crippen LogP contribution in [0.4, 0.5) is 10.5 Å². The molecule has 0 radical (unpaired) electrons. The smallest absolute Gasteiger partial charge is 0.407 e. The van der Waals surface area contributed by atoms with Crippen molar-refractivity contribution in [2.24, 2.45) is 0 Å². The molecule has 10 nitrogen and oxygen atoms in total. The minimum absolute atomic E-state index is 0.206. The lowest BCUT2D eigenvalue weighted by Crippen LogP contribution is -2.54. The maximum atomic E-state index is 12.1. The van der Waals surface area contributed by atoms with Gasteiger partial charge in [0.25, 0.3) is 0 Å². The fourth-order valence-corrected chi connectivity index (χ4v) is 5.33. The Morgan fingerprint density at radius 2 is 1.82 bits per heavy atom. The Bertz CT molecular complexity index is 1080. The number of fused-ring (bicyclic) bond motifs is 1. The van der Waals surface area contributed by atoms with Gasteiger partial charge in [-0.2, -0.15) is 0 Å². The van der Waals surface area contributed by atoms with Crippen LogP contribution in [-0.4, -0.2) is 99.7 Å². The van der Waals surface area contributed by atoms with Gasteiger partial charge in [0.15, 0.2) is 0 Å². The maximum Gasteiger partial charge on any atom is 0.407 e. The third-order valence-corrected chi connectivity index (χ3v) is 7.46. The van der Waals surface area contributed by atoms with Crippen molar-refractivity contribution >= 4 is 11.8 Å². The zero-order valence-electron chi connectivity index (χ0n) is 23.7. The van der Waals surface area contributed by atoms with Gasteiger partial charge in [0.2, 0.25) is 0 Å². The summed E-state index contributed by atoms with van der Waals surface area (Å²) in [6, 6.07) is 13.8. The molecule has 220 valence electrons. The number of aliphatic hydroxyl groups is 1. The lowest BCUT2D eigenvalue weighted by molar-refractivity contribution is -0.0921. The molecule has 1 saturated heterocycles. The highest BCUT2D eigenvalue weighted by Crippen LogP contribution is 2.36. The summed E-state index contributed by atoms with van der Waals surface area (Å²) in [5.41, 5.74) is 3.00. The second kappa shape index (κ2) is 14.5. The van der Waals surface area contributed by atoms with E-state index in [2.05, 4.69) is 11.0 Å². The van der Waals surface area contributed by atoms with Crippen LogP contribution in [0.1, 0.15) is 36.8 Å². The Morgan fingerprint density at radius 1 is 1.07 bits per heavy atom. The summed E-state index contributed by atoms with van der Waals surface area (Å²) < 4.78 is 29.2. The van der Waals surface area contributed by atoms with Crippen LogP contribution in [0.3, 0.4) is 0 Å². The lowest BCUT2D eigenvalue weighted by atomic mass is 9.84. The molecule has 2 aliphatic rings. The highest BCUT2D eigenvalue weighted by molar-refractivity contribution is 5.65. The molecular formula is C30H42N2O8. The third kappa shape index (κ3) is 7.78. The van der Waals surface area contributed by atoms with Crippen LogP contribution in [0, 0.1) is 0 Å². The molecular weight excluding hydrogens is 516 g/mol.